The number of nitrogens with zero attached hydrogens (tertiary/aromatic N) is 2. The van der Waals surface area contributed by atoms with Gasteiger partial charge in [-0.1, -0.05) is 140 Å². The van der Waals surface area contributed by atoms with Gasteiger partial charge in [0.05, 0.1) is 24.4 Å². The summed E-state index contributed by atoms with van der Waals surface area (Å²) in [5, 5.41) is 12.7. The summed E-state index contributed by atoms with van der Waals surface area (Å²) >= 11 is 0. The first-order valence-corrected chi connectivity index (χ1v) is 18.2. The van der Waals surface area contributed by atoms with E-state index in [2.05, 4.69) is 125 Å². The first-order chi connectivity index (χ1) is 26.0. The molecule has 0 aliphatic carbocycles. The van der Waals surface area contributed by atoms with E-state index in [0.717, 1.165) is 46.5 Å². The van der Waals surface area contributed by atoms with Crippen LogP contribution in [0.4, 0.5) is 0 Å². The van der Waals surface area contributed by atoms with Crippen LogP contribution in [0.2, 0.25) is 0 Å². The van der Waals surface area contributed by atoms with Gasteiger partial charge in [-0.05, 0) is 51.1 Å². The number of pyridine rings is 1. The van der Waals surface area contributed by atoms with Gasteiger partial charge in [-0.2, -0.15) is 0 Å². The minimum absolute atomic E-state index is 0.00396. The number of hydrogen-bond donors (Lipinski definition) is 2. The Morgan fingerprint density at radius 2 is 1.36 bits per heavy atom. The van der Waals surface area contributed by atoms with E-state index in [-0.39, 0.29) is 30.6 Å². The van der Waals surface area contributed by atoms with Crippen molar-refractivity contribution in [3.05, 3.63) is 197 Å². The lowest BCUT2D eigenvalue weighted by atomic mass is 9.89. The molecule has 0 saturated carbocycles. The Bertz CT molecular complexity index is 2000. The zero-order valence-electron chi connectivity index (χ0n) is 29.9. The zero-order valence-corrected chi connectivity index (χ0v) is 29.9. The third-order valence-corrected chi connectivity index (χ3v) is 9.93. The minimum atomic E-state index is -0.586. The molecule has 1 saturated heterocycles. The predicted octanol–water partition coefficient (Wildman–Crippen LogP) is 8.66. The molecule has 1 fully saturated rings. The van der Waals surface area contributed by atoms with Crippen LogP contribution in [0.3, 0.4) is 0 Å². The summed E-state index contributed by atoms with van der Waals surface area (Å²) in [6.45, 7) is 4.89. The van der Waals surface area contributed by atoms with E-state index in [1.807, 2.05) is 30.3 Å². The molecule has 7 rings (SSSR count). The first-order valence-electron chi connectivity index (χ1n) is 18.2. The summed E-state index contributed by atoms with van der Waals surface area (Å²) in [5.41, 5.74) is 8.99. The summed E-state index contributed by atoms with van der Waals surface area (Å²) < 4.78 is 13.7. The molecule has 268 valence electrons. The SMILES string of the molecule is C[C@H]1[C@@H](CN(Cc2ccccc2)Cc2ccccc2)O[C@@H](c2ccc(-c3ccccc3CNC(=O)c3cccnc3)cc2)O[C@H]1c1ccc(CO)cc1. The molecule has 6 aromatic rings. The third-order valence-electron chi connectivity index (χ3n) is 9.93. The van der Waals surface area contributed by atoms with E-state index in [1.54, 1.807) is 24.5 Å². The number of aromatic nitrogens is 1. The van der Waals surface area contributed by atoms with Crippen LogP contribution in [0.15, 0.2) is 158 Å². The van der Waals surface area contributed by atoms with Gasteiger partial charge in [0.2, 0.25) is 0 Å². The molecule has 7 nitrogen and oxygen atoms in total. The van der Waals surface area contributed by atoms with E-state index in [0.29, 0.717) is 18.7 Å². The van der Waals surface area contributed by atoms with Crippen molar-refractivity contribution in [1.82, 2.24) is 15.2 Å². The van der Waals surface area contributed by atoms with Crippen LogP contribution < -0.4 is 5.32 Å². The smallest absolute Gasteiger partial charge is 0.253 e. The highest BCUT2D eigenvalue weighted by atomic mass is 16.7. The Hall–Kier alpha value is -5.44. The van der Waals surface area contributed by atoms with Gasteiger partial charge in [0, 0.05) is 50.1 Å². The molecule has 5 aromatic carbocycles. The van der Waals surface area contributed by atoms with Crippen LogP contribution in [0, 0.1) is 5.92 Å². The molecule has 1 aromatic heterocycles. The monoisotopic (exact) mass is 703 g/mol. The molecule has 2 heterocycles. The standard InChI is InChI=1S/C46H45N3O4/c1-33-43(31-49(29-34-11-4-2-5-12-34)30-35-13-6-3-7-14-35)52-46(53-44(33)38-20-18-36(32-50)19-21-38)39-24-22-37(23-25-39)42-17-9-8-15-40(42)28-48-45(51)41-16-10-26-47-27-41/h2-27,33,43-44,46,50H,28-32H2,1H3,(H,48,51)/t33-,43+,44+,46+/m0/s1. The first kappa shape index (κ1) is 35.9. The van der Waals surface area contributed by atoms with Crippen molar-refractivity contribution in [3.63, 3.8) is 0 Å². The lowest BCUT2D eigenvalue weighted by Gasteiger charge is -2.43. The van der Waals surface area contributed by atoms with Crippen LogP contribution in [-0.4, -0.2) is 33.5 Å². The second-order valence-electron chi connectivity index (χ2n) is 13.7. The maximum atomic E-state index is 12.8. The Balaban J connectivity index is 1.14. The van der Waals surface area contributed by atoms with Gasteiger partial charge in [0.1, 0.15) is 0 Å². The van der Waals surface area contributed by atoms with Gasteiger partial charge in [0.15, 0.2) is 6.29 Å². The van der Waals surface area contributed by atoms with Crippen LogP contribution in [0.25, 0.3) is 11.1 Å². The topological polar surface area (TPSA) is 83.9 Å². The summed E-state index contributed by atoms with van der Waals surface area (Å²) in [5.74, 6) is -0.112. The Labute approximate surface area is 311 Å². The summed E-state index contributed by atoms with van der Waals surface area (Å²) in [6.07, 6.45) is 2.29. The molecule has 2 N–H and O–H groups in total. The fourth-order valence-electron chi connectivity index (χ4n) is 7.00. The molecule has 53 heavy (non-hydrogen) atoms. The number of carbonyl (C=O) groups excluding carboxylic acids is 1. The Morgan fingerprint density at radius 1 is 0.717 bits per heavy atom. The maximum Gasteiger partial charge on any atom is 0.253 e. The number of rotatable bonds is 13. The third kappa shape index (κ3) is 9.14. The quantitative estimate of drug-likeness (QED) is 0.125. The largest absolute Gasteiger partial charge is 0.392 e. The van der Waals surface area contributed by atoms with E-state index >= 15 is 0 Å². The number of aliphatic hydroxyl groups is 1. The number of nitrogens with one attached hydrogen (secondary N) is 1. The molecule has 0 unspecified atom stereocenters. The molecule has 7 heteroatoms. The van der Waals surface area contributed by atoms with Gasteiger partial charge in [0.25, 0.3) is 5.91 Å². The van der Waals surface area contributed by atoms with Gasteiger partial charge < -0.3 is 19.9 Å². The van der Waals surface area contributed by atoms with Gasteiger partial charge in [-0.3, -0.25) is 14.7 Å². The molecule has 0 bridgehead atoms. The van der Waals surface area contributed by atoms with E-state index in [1.165, 1.54) is 11.1 Å². The van der Waals surface area contributed by atoms with Crippen molar-refractivity contribution >= 4 is 5.91 Å². The number of carbonyl (C=O) groups is 1. The fourth-order valence-corrected chi connectivity index (χ4v) is 7.00. The average molecular weight is 704 g/mol. The van der Waals surface area contributed by atoms with Crippen molar-refractivity contribution < 1.29 is 19.4 Å². The number of aliphatic hydroxyl groups excluding tert-OH is 1. The highest BCUT2D eigenvalue weighted by Crippen LogP contribution is 2.42. The number of hydrogen-bond acceptors (Lipinski definition) is 6. The molecular formula is C46H45N3O4. The Morgan fingerprint density at radius 3 is 2.00 bits per heavy atom. The van der Waals surface area contributed by atoms with Crippen molar-refractivity contribution in [2.45, 2.75) is 51.7 Å². The lowest BCUT2D eigenvalue weighted by molar-refractivity contribution is -0.276. The molecule has 0 spiro atoms. The molecule has 1 aliphatic rings. The van der Waals surface area contributed by atoms with Crippen LogP contribution in [0.5, 0.6) is 0 Å². The second kappa shape index (κ2) is 17.4. The summed E-state index contributed by atoms with van der Waals surface area (Å²) in [6, 6.07) is 49.2. The maximum absolute atomic E-state index is 12.8. The molecule has 1 amide bonds. The van der Waals surface area contributed by atoms with Crippen molar-refractivity contribution in [1.29, 1.82) is 0 Å². The number of amides is 1. The zero-order chi connectivity index (χ0) is 36.4. The average Bonchev–Trinajstić information content (AvgIpc) is 3.22. The highest BCUT2D eigenvalue weighted by molar-refractivity contribution is 5.93. The Kier molecular flexibility index (Phi) is 11.8. The van der Waals surface area contributed by atoms with E-state index in [9.17, 15) is 9.90 Å². The molecular weight excluding hydrogens is 659 g/mol. The van der Waals surface area contributed by atoms with E-state index < -0.39 is 6.29 Å². The van der Waals surface area contributed by atoms with Crippen LogP contribution in [0.1, 0.15) is 63.1 Å². The van der Waals surface area contributed by atoms with E-state index in [4.69, 9.17) is 9.47 Å². The predicted molar refractivity (Wildman–Crippen MR) is 207 cm³/mol. The molecule has 4 atom stereocenters. The normalized spacial score (nSPS) is 18.5. The van der Waals surface area contributed by atoms with Gasteiger partial charge >= 0.3 is 0 Å². The van der Waals surface area contributed by atoms with Crippen LogP contribution in [-0.2, 0) is 35.7 Å². The summed E-state index contributed by atoms with van der Waals surface area (Å²) in [7, 11) is 0. The van der Waals surface area contributed by atoms with Crippen molar-refractivity contribution in [2.75, 3.05) is 6.54 Å². The van der Waals surface area contributed by atoms with Gasteiger partial charge in [-0.25, -0.2) is 0 Å². The number of ether oxygens (including phenoxy) is 2. The van der Waals surface area contributed by atoms with Crippen molar-refractivity contribution in [2.24, 2.45) is 5.92 Å². The minimum Gasteiger partial charge on any atom is -0.392 e. The molecule has 1 aliphatic heterocycles. The molecule has 0 radical (unpaired) electrons. The fraction of sp³-hybridized carbons (Fsp3) is 0.217. The second-order valence-corrected chi connectivity index (χ2v) is 13.7. The van der Waals surface area contributed by atoms with Crippen molar-refractivity contribution in [3.8, 4) is 11.1 Å². The number of benzene rings is 5. The highest BCUT2D eigenvalue weighted by Gasteiger charge is 2.39. The van der Waals surface area contributed by atoms with Gasteiger partial charge in [-0.15, -0.1) is 0 Å². The summed E-state index contributed by atoms with van der Waals surface area (Å²) in [4.78, 5) is 19.3. The lowest BCUT2D eigenvalue weighted by Crippen LogP contribution is -2.44. The van der Waals surface area contributed by atoms with Crippen LogP contribution >= 0.6 is 0 Å².